The maximum Gasteiger partial charge on any atom is 0.306 e. The molecule has 0 N–H and O–H groups in total. The van der Waals surface area contributed by atoms with Gasteiger partial charge in [0.1, 0.15) is 6.10 Å². The van der Waals surface area contributed by atoms with E-state index >= 15 is 0 Å². The maximum atomic E-state index is 11.8. The Kier molecular flexibility index (Phi) is 5.67. The van der Waals surface area contributed by atoms with Crippen LogP contribution in [0.2, 0.25) is 4.34 Å². The number of hydrogen-bond donors (Lipinski definition) is 0. The molecule has 1 aromatic heterocycles. The molecule has 1 aliphatic rings. The minimum atomic E-state index is -0.0903. The minimum Gasteiger partial charge on any atom is -0.461 e. The van der Waals surface area contributed by atoms with Gasteiger partial charge >= 0.3 is 5.97 Å². The number of rotatable bonds is 5. The lowest BCUT2D eigenvalue weighted by Crippen LogP contribution is -2.40. The summed E-state index contributed by atoms with van der Waals surface area (Å²) in [5, 5.41) is 0. The second-order valence-corrected chi connectivity index (χ2v) is 6.65. The lowest BCUT2D eigenvalue weighted by molar-refractivity contribution is -0.151. The SMILES string of the molecule is CCN1CCCC(OC(=O)CCc2ccc(Cl)s2)C1. The Morgan fingerprint density at radius 3 is 3.11 bits per heavy atom. The summed E-state index contributed by atoms with van der Waals surface area (Å²) in [4.78, 5) is 15.3. The summed E-state index contributed by atoms with van der Waals surface area (Å²) in [6, 6.07) is 3.84. The van der Waals surface area contributed by atoms with Crippen LogP contribution in [-0.4, -0.2) is 36.6 Å². The number of aryl methyl sites for hydroxylation is 1. The molecule has 0 radical (unpaired) electrons. The monoisotopic (exact) mass is 301 g/mol. The van der Waals surface area contributed by atoms with Gasteiger partial charge in [0.2, 0.25) is 0 Å². The summed E-state index contributed by atoms with van der Waals surface area (Å²) in [5.41, 5.74) is 0. The van der Waals surface area contributed by atoms with Crippen molar-refractivity contribution in [3.05, 3.63) is 21.3 Å². The van der Waals surface area contributed by atoms with Gasteiger partial charge in [-0.3, -0.25) is 9.69 Å². The van der Waals surface area contributed by atoms with E-state index < -0.39 is 0 Å². The highest BCUT2D eigenvalue weighted by Gasteiger charge is 2.21. The van der Waals surface area contributed by atoms with Gasteiger partial charge in [-0.2, -0.15) is 0 Å². The fourth-order valence-corrected chi connectivity index (χ4v) is 3.44. The molecule has 0 aromatic carbocycles. The van der Waals surface area contributed by atoms with Gasteiger partial charge < -0.3 is 4.74 Å². The fraction of sp³-hybridized carbons (Fsp3) is 0.643. The number of halogens is 1. The third-order valence-electron chi connectivity index (χ3n) is 3.41. The molecule has 0 amide bonds. The van der Waals surface area contributed by atoms with Gasteiger partial charge in [0, 0.05) is 11.4 Å². The highest BCUT2D eigenvalue weighted by atomic mass is 35.5. The molecule has 1 aliphatic heterocycles. The van der Waals surface area contributed by atoms with Crippen molar-refractivity contribution in [1.29, 1.82) is 0 Å². The standard InChI is InChI=1S/C14H20ClNO2S/c1-2-16-9-3-4-11(10-16)18-14(17)8-6-12-5-7-13(15)19-12/h5,7,11H,2-4,6,8-10H2,1H3. The summed E-state index contributed by atoms with van der Waals surface area (Å²) < 4.78 is 6.32. The number of carbonyl (C=O) groups is 1. The topological polar surface area (TPSA) is 29.5 Å². The number of thiophene rings is 1. The van der Waals surface area contributed by atoms with Gasteiger partial charge in [-0.15, -0.1) is 11.3 Å². The molecule has 0 aliphatic carbocycles. The second kappa shape index (κ2) is 7.27. The Hall–Kier alpha value is -0.580. The third kappa shape index (κ3) is 4.79. The van der Waals surface area contributed by atoms with Crippen molar-refractivity contribution in [1.82, 2.24) is 4.90 Å². The van der Waals surface area contributed by atoms with Crippen LogP contribution in [0.3, 0.4) is 0 Å². The first-order valence-corrected chi connectivity index (χ1v) is 8.03. The van der Waals surface area contributed by atoms with Gasteiger partial charge in [0.05, 0.1) is 10.8 Å². The largest absolute Gasteiger partial charge is 0.461 e. The molecule has 1 aromatic rings. The van der Waals surface area contributed by atoms with E-state index in [4.69, 9.17) is 16.3 Å². The Bertz CT molecular complexity index is 421. The summed E-state index contributed by atoms with van der Waals surface area (Å²) in [5.74, 6) is -0.0903. The zero-order chi connectivity index (χ0) is 13.7. The normalized spacial score (nSPS) is 20.4. The average molecular weight is 302 g/mol. The number of ether oxygens (including phenoxy) is 1. The Morgan fingerprint density at radius 1 is 1.58 bits per heavy atom. The number of hydrogen-bond acceptors (Lipinski definition) is 4. The molecule has 1 unspecified atom stereocenters. The molecular weight excluding hydrogens is 282 g/mol. The number of likely N-dealkylation sites (N-methyl/N-ethyl adjacent to an activating group) is 1. The van der Waals surface area contributed by atoms with Crippen molar-refractivity contribution in [2.45, 2.75) is 38.7 Å². The minimum absolute atomic E-state index is 0.0770. The quantitative estimate of drug-likeness (QED) is 0.781. The smallest absolute Gasteiger partial charge is 0.306 e. The van der Waals surface area contributed by atoms with E-state index in [1.165, 1.54) is 11.3 Å². The summed E-state index contributed by atoms with van der Waals surface area (Å²) in [6.45, 7) is 5.18. The van der Waals surface area contributed by atoms with Crippen molar-refractivity contribution in [2.24, 2.45) is 0 Å². The molecule has 19 heavy (non-hydrogen) atoms. The van der Waals surface area contributed by atoms with Gasteiger partial charge in [0.25, 0.3) is 0 Å². The van der Waals surface area contributed by atoms with Crippen molar-refractivity contribution in [2.75, 3.05) is 19.6 Å². The molecular formula is C14H20ClNO2S. The number of nitrogens with zero attached hydrogens (tertiary/aromatic N) is 1. The Morgan fingerprint density at radius 2 is 2.42 bits per heavy atom. The molecule has 0 saturated carbocycles. The Balaban J connectivity index is 1.72. The highest BCUT2D eigenvalue weighted by Crippen LogP contribution is 2.22. The van der Waals surface area contributed by atoms with Crippen LogP contribution >= 0.6 is 22.9 Å². The molecule has 1 saturated heterocycles. The van der Waals surface area contributed by atoms with E-state index in [0.717, 1.165) is 48.1 Å². The van der Waals surface area contributed by atoms with Crippen molar-refractivity contribution >= 4 is 28.9 Å². The molecule has 3 nitrogen and oxygen atoms in total. The maximum absolute atomic E-state index is 11.8. The van der Waals surface area contributed by atoms with E-state index in [-0.39, 0.29) is 12.1 Å². The lowest BCUT2D eigenvalue weighted by atomic mass is 10.1. The first-order valence-electron chi connectivity index (χ1n) is 6.83. The molecule has 1 atom stereocenters. The predicted molar refractivity (Wildman–Crippen MR) is 78.9 cm³/mol. The van der Waals surface area contributed by atoms with Crippen LogP contribution in [0.25, 0.3) is 0 Å². The number of piperidine rings is 1. The van der Waals surface area contributed by atoms with Crippen LogP contribution in [0, 0.1) is 0 Å². The molecule has 0 spiro atoms. The predicted octanol–water partition coefficient (Wildman–Crippen LogP) is 3.36. The van der Waals surface area contributed by atoms with Crippen LogP contribution in [0.15, 0.2) is 12.1 Å². The molecule has 0 bridgehead atoms. The van der Waals surface area contributed by atoms with Gasteiger partial charge in [-0.1, -0.05) is 18.5 Å². The molecule has 1 fully saturated rings. The summed E-state index contributed by atoms with van der Waals surface area (Å²) >= 11 is 7.39. The molecule has 2 heterocycles. The van der Waals surface area contributed by atoms with Crippen LogP contribution in [0.4, 0.5) is 0 Å². The number of likely N-dealkylation sites (tertiary alicyclic amines) is 1. The first-order chi connectivity index (χ1) is 9.17. The second-order valence-electron chi connectivity index (χ2n) is 4.85. The van der Waals surface area contributed by atoms with Crippen LogP contribution in [0.5, 0.6) is 0 Å². The zero-order valence-electron chi connectivity index (χ0n) is 11.2. The molecule has 2 rings (SSSR count). The van der Waals surface area contributed by atoms with Crippen molar-refractivity contribution < 1.29 is 9.53 Å². The van der Waals surface area contributed by atoms with Gasteiger partial charge in [0.15, 0.2) is 0 Å². The Labute approximate surface area is 123 Å². The molecule has 106 valence electrons. The van der Waals surface area contributed by atoms with Crippen LogP contribution < -0.4 is 0 Å². The van der Waals surface area contributed by atoms with Crippen molar-refractivity contribution in [3.63, 3.8) is 0 Å². The summed E-state index contributed by atoms with van der Waals surface area (Å²) in [7, 11) is 0. The van der Waals surface area contributed by atoms with E-state index in [0.29, 0.717) is 6.42 Å². The summed E-state index contributed by atoms with van der Waals surface area (Å²) in [6.07, 6.45) is 3.35. The van der Waals surface area contributed by atoms with Gasteiger partial charge in [-0.05, 0) is 44.5 Å². The fourth-order valence-electron chi connectivity index (χ4n) is 2.35. The number of esters is 1. The van der Waals surface area contributed by atoms with Gasteiger partial charge in [-0.25, -0.2) is 0 Å². The van der Waals surface area contributed by atoms with E-state index in [1.807, 2.05) is 12.1 Å². The first kappa shape index (κ1) is 14.8. The van der Waals surface area contributed by atoms with Crippen LogP contribution in [0.1, 0.15) is 31.1 Å². The average Bonchev–Trinajstić information content (AvgIpc) is 2.82. The van der Waals surface area contributed by atoms with E-state index in [1.54, 1.807) is 0 Å². The van der Waals surface area contributed by atoms with E-state index in [9.17, 15) is 4.79 Å². The third-order valence-corrected chi connectivity index (χ3v) is 4.70. The lowest BCUT2D eigenvalue weighted by Gasteiger charge is -2.31. The van der Waals surface area contributed by atoms with E-state index in [2.05, 4.69) is 11.8 Å². The zero-order valence-corrected chi connectivity index (χ0v) is 12.8. The van der Waals surface area contributed by atoms with Crippen LogP contribution in [-0.2, 0) is 16.0 Å². The number of carbonyl (C=O) groups excluding carboxylic acids is 1. The van der Waals surface area contributed by atoms with Crippen molar-refractivity contribution in [3.8, 4) is 0 Å². The highest BCUT2D eigenvalue weighted by molar-refractivity contribution is 7.16. The molecule has 5 heteroatoms.